The fraction of sp³-hybridized carbons (Fsp3) is 0.667. The second kappa shape index (κ2) is 6.16. The SMILES string of the molecule is COC1CNC(CN(C)Cc2ccc(Cl)s2)C1. The van der Waals surface area contributed by atoms with E-state index in [9.17, 15) is 0 Å². The Labute approximate surface area is 112 Å². The molecule has 0 bridgehead atoms. The number of nitrogens with one attached hydrogen (secondary N) is 1. The van der Waals surface area contributed by atoms with E-state index in [-0.39, 0.29) is 0 Å². The lowest BCUT2D eigenvalue weighted by Crippen LogP contribution is -2.34. The van der Waals surface area contributed by atoms with Crippen LogP contribution in [0.3, 0.4) is 0 Å². The smallest absolute Gasteiger partial charge is 0.0931 e. The zero-order chi connectivity index (χ0) is 12.3. The van der Waals surface area contributed by atoms with E-state index in [0.717, 1.165) is 30.4 Å². The molecule has 0 radical (unpaired) electrons. The quantitative estimate of drug-likeness (QED) is 0.891. The number of halogens is 1. The highest BCUT2D eigenvalue weighted by Crippen LogP contribution is 2.22. The molecule has 1 aliphatic rings. The number of methoxy groups -OCH3 is 1. The van der Waals surface area contributed by atoms with Crippen LogP contribution in [-0.2, 0) is 11.3 Å². The number of hydrogen-bond acceptors (Lipinski definition) is 4. The van der Waals surface area contributed by atoms with E-state index in [1.807, 2.05) is 6.07 Å². The van der Waals surface area contributed by atoms with Crippen LogP contribution in [0.15, 0.2) is 12.1 Å². The average Bonchev–Trinajstić information content (AvgIpc) is 2.88. The van der Waals surface area contributed by atoms with Crippen molar-refractivity contribution < 1.29 is 4.74 Å². The minimum atomic E-state index is 0.379. The van der Waals surface area contributed by atoms with Crippen LogP contribution in [0.4, 0.5) is 0 Å². The molecule has 3 nitrogen and oxygen atoms in total. The Balaban J connectivity index is 1.76. The molecular formula is C12H19ClN2OS. The normalized spacial score (nSPS) is 24.7. The summed E-state index contributed by atoms with van der Waals surface area (Å²) >= 11 is 7.58. The summed E-state index contributed by atoms with van der Waals surface area (Å²) in [4.78, 5) is 3.65. The Morgan fingerprint density at radius 1 is 1.59 bits per heavy atom. The lowest BCUT2D eigenvalue weighted by Gasteiger charge is -2.20. The summed E-state index contributed by atoms with van der Waals surface area (Å²) in [7, 11) is 3.93. The molecule has 0 aromatic carbocycles. The van der Waals surface area contributed by atoms with Gasteiger partial charge in [-0.1, -0.05) is 11.6 Å². The van der Waals surface area contributed by atoms with Crippen LogP contribution in [0.25, 0.3) is 0 Å². The number of likely N-dealkylation sites (N-methyl/N-ethyl adjacent to an activating group) is 1. The Morgan fingerprint density at radius 3 is 3.00 bits per heavy atom. The van der Waals surface area contributed by atoms with Crippen molar-refractivity contribution in [3.8, 4) is 0 Å². The van der Waals surface area contributed by atoms with Crippen LogP contribution < -0.4 is 5.32 Å². The summed E-state index contributed by atoms with van der Waals surface area (Å²) < 4.78 is 6.22. The van der Waals surface area contributed by atoms with Crippen molar-refractivity contribution in [2.24, 2.45) is 0 Å². The molecule has 2 rings (SSSR count). The second-order valence-electron chi connectivity index (χ2n) is 4.60. The first-order valence-electron chi connectivity index (χ1n) is 5.86. The lowest BCUT2D eigenvalue weighted by molar-refractivity contribution is 0.116. The highest BCUT2D eigenvalue weighted by Gasteiger charge is 2.24. The van der Waals surface area contributed by atoms with Crippen LogP contribution in [0, 0.1) is 0 Å². The van der Waals surface area contributed by atoms with E-state index < -0.39 is 0 Å². The van der Waals surface area contributed by atoms with Crippen molar-refractivity contribution in [3.63, 3.8) is 0 Å². The van der Waals surface area contributed by atoms with Crippen LogP contribution in [0.5, 0.6) is 0 Å². The van der Waals surface area contributed by atoms with E-state index >= 15 is 0 Å². The van der Waals surface area contributed by atoms with Crippen molar-refractivity contribution in [1.29, 1.82) is 0 Å². The molecule has 1 saturated heterocycles. The van der Waals surface area contributed by atoms with Gasteiger partial charge in [-0.15, -0.1) is 11.3 Å². The fourth-order valence-electron chi connectivity index (χ4n) is 2.24. The topological polar surface area (TPSA) is 24.5 Å². The van der Waals surface area contributed by atoms with Crippen LogP contribution in [-0.4, -0.2) is 44.3 Å². The maximum absolute atomic E-state index is 5.92. The summed E-state index contributed by atoms with van der Waals surface area (Å²) in [6.07, 6.45) is 1.48. The van der Waals surface area contributed by atoms with Gasteiger partial charge < -0.3 is 10.1 Å². The monoisotopic (exact) mass is 274 g/mol. The number of hydrogen-bond donors (Lipinski definition) is 1. The molecule has 1 aromatic heterocycles. The van der Waals surface area contributed by atoms with Crippen LogP contribution in [0.1, 0.15) is 11.3 Å². The first-order chi connectivity index (χ1) is 8.17. The second-order valence-corrected chi connectivity index (χ2v) is 6.40. The maximum Gasteiger partial charge on any atom is 0.0931 e. The van der Waals surface area contributed by atoms with Gasteiger partial charge in [0, 0.05) is 37.7 Å². The van der Waals surface area contributed by atoms with Crippen molar-refractivity contribution in [3.05, 3.63) is 21.3 Å². The first-order valence-corrected chi connectivity index (χ1v) is 7.05. The minimum Gasteiger partial charge on any atom is -0.380 e. The summed E-state index contributed by atoms with van der Waals surface area (Å²) in [5, 5.41) is 3.49. The first kappa shape index (κ1) is 13.3. The van der Waals surface area contributed by atoms with Gasteiger partial charge in [0.15, 0.2) is 0 Å². The Morgan fingerprint density at radius 2 is 2.41 bits per heavy atom. The summed E-state index contributed by atoms with van der Waals surface area (Å²) in [5.74, 6) is 0. The number of thiophene rings is 1. The predicted molar refractivity (Wildman–Crippen MR) is 72.9 cm³/mol. The zero-order valence-corrected chi connectivity index (χ0v) is 11.9. The maximum atomic E-state index is 5.92. The van der Waals surface area contributed by atoms with Crippen molar-refractivity contribution in [1.82, 2.24) is 10.2 Å². The summed E-state index contributed by atoms with van der Waals surface area (Å²) in [5.41, 5.74) is 0. The van der Waals surface area contributed by atoms with Crippen molar-refractivity contribution in [2.75, 3.05) is 27.2 Å². The number of nitrogens with zero attached hydrogens (tertiary/aromatic N) is 1. The van der Waals surface area contributed by atoms with Gasteiger partial charge in [0.25, 0.3) is 0 Å². The van der Waals surface area contributed by atoms with Crippen molar-refractivity contribution in [2.45, 2.75) is 25.1 Å². The molecule has 17 heavy (non-hydrogen) atoms. The molecule has 1 aromatic rings. The molecule has 0 aliphatic carbocycles. The molecule has 5 heteroatoms. The van der Waals surface area contributed by atoms with E-state index in [0.29, 0.717) is 12.1 Å². The van der Waals surface area contributed by atoms with Gasteiger partial charge in [-0.05, 0) is 25.6 Å². The molecule has 96 valence electrons. The molecule has 2 heterocycles. The van der Waals surface area contributed by atoms with Crippen molar-refractivity contribution >= 4 is 22.9 Å². The Hall–Kier alpha value is -0.130. The zero-order valence-electron chi connectivity index (χ0n) is 10.3. The van der Waals surface area contributed by atoms with Crippen LogP contribution >= 0.6 is 22.9 Å². The van der Waals surface area contributed by atoms with Gasteiger partial charge in [-0.3, -0.25) is 4.90 Å². The van der Waals surface area contributed by atoms with Gasteiger partial charge >= 0.3 is 0 Å². The Kier molecular flexibility index (Phi) is 4.82. The van der Waals surface area contributed by atoms with Gasteiger partial charge in [0.1, 0.15) is 0 Å². The summed E-state index contributed by atoms with van der Waals surface area (Å²) in [6.45, 7) is 2.99. The standard InChI is InChI=1S/C12H19ClN2OS/c1-15(8-11-3-4-12(13)17-11)7-9-5-10(16-2)6-14-9/h3-4,9-10,14H,5-8H2,1-2H3. The largest absolute Gasteiger partial charge is 0.380 e. The van der Waals surface area contributed by atoms with Gasteiger partial charge in [-0.25, -0.2) is 0 Å². The third kappa shape index (κ3) is 3.93. The number of rotatable bonds is 5. The Bertz CT molecular complexity index is 358. The van der Waals surface area contributed by atoms with E-state index in [1.165, 1.54) is 4.88 Å². The third-order valence-corrected chi connectivity index (χ3v) is 4.32. The van der Waals surface area contributed by atoms with Gasteiger partial charge in [0.2, 0.25) is 0 Å². The predicted octanol–water partition coefficient (Wildman–Crippen LogP) is 2.21. The molecule has 2 atom stereocenters. The summed E-state index contributed by atoms with van der Waals surface area (Å²) in [6, 6.07) is 4.61. The molecule has 0 amide bonds. The number of ether oxygens (including phenoxy) is 1. The fourth-order valence-corrected chi connectivity index (χ4v) is 3.41. The van der Waals surface area contributed by atoms with E-state index in [2.05, 4.69) is 23.3 Å². The molecule has 0 saturated carbocycles. The molecule has 1 aliphatic heterocycles. The molecular weight excluding hydrogens is 256 g/mol. The molecule has 1 N–H and O–H groups in total. The molecule has 0 spiro atoms. The average molecular weight is 275 g/mol. The van der Waals surface area contributed by atoms with E-state index in [1.54, 1.807) is 18.4 Å². The van der Waals surface area contributed by atoms with Crippen LogP contribution in [0.2, 0.25) is 4.34 Å². The van der Waals surface area contributed by atoms with Gasteiger partial charge in [0.05, 0.1) is 10.4 Å². The van der Waals surface area contributed by atoms with E-state index in [4.69, 9.17) is 16.3 Å². The molecule has 2 unspecified atom stereocenters. The molecule has 1 fully saturated rings. The van der Waals surface area contributed by atoms with Gasteiger partial charge in [-0.2, -0.15) is 0 Å². The minimum absolute atomic E-state index is 0.379. The third-order valence-electron chi connectivity index (χ3n) is 3.10. The highest BCUT2D eigenvalue weighted by molar-refractivity contribution is 7.16. The highest BCUT2D eigenvalue weighted by atomic mass is 35.5. The lowest BCUT2D eigenvalue weighted by atomic mass is 10.2.